The van der Waals surface area contributed by atoms with E-state index in [1.54, 1.807) is 19.1 Å². The summed E-state index contributed by atoms with van der Waals surface area (Å²) >= 11 is 5.72. The Morgan fingerprint density at radius 3 is 2.69 bits per heavy atom. The van der Waals surface area contributed by atoms with Crippen LogP contribution in [0.15, 0.2) is 24.3 Å². The highest BCUT2D eigenvalue weighted by Crippen LogP contribution is 2.09. The molecule has 1 aromatic rings. The lowest BCUT2D eigenvalue weighted by Crippen LogP contribution is -2.26. The summed E-state index contributed by atoms with van der Waals surface area (Å²) in [5.74, 6) is 0. The van der Waals surface area contributed by atoms with E-state index in [2.05, 4.69) is 5.32 Å². The average molecular weight is 244 g/mol. The number of amides is 1. The van der Waals surface area contributed by atoms with Gasteiger partial charge < -0.3 is 15.2 Å². The van der Waals surface area contributed by atoms with Gasteiger partial charge in [-0.25, -0.2) is 4.79 Å². The summed E-state index contributed by atoms with van der Waals surface area (Å²) in [5.41, 5.74) is 0.929. The summed E-state index contributed by atoms with van der Waals surface area (Å²) in [5, 5.41) is 12.1. The van der Waals surface area contributed by atoms with Gasteiger partial charge in [0, 0.05) is 11.6 Å². The highest BCUT2D eigenvalue weighted by molar-refractivity contribution is 6.30. The summed E-state index contributed by atoms with van der Waals surface area (Å²) in [4.78, 5) is 11.1. The molecule has 0 saturated carbocycles. The Hall–Kier alpha value is -1.26. The molecule has 0 radical (unpaired) electrons. The maximum atomic E-state index is 11.1. The van der Waals surface area contributed by atoms with Gasteiger partial charge in [0.05, 0.1) is 6.10 Å². The summed E-state index contributed by atoms with van der Waals surface area (Å²) < 4.78 is 4.72. The van der Waals surface area contributed by atoms with E-state index in [-0.39, 0.29) is 6.61 Å². The fourth-order valence-electron chi connectivity index (χ4n) is 1.02. The zero-order chi connectivity index (χ0) is 12.0. The lowest BCUT2D eigenvalue weighted by atomic mass is 10.2. The molecule has 1 atom stereocenters. The van der Waals surface area contributed by atoms with Crippen LogP contribution >= 0.6 is 11.6 Å². The molecule has 4 nitrogen and oxygen atoms in total. The van der Waals surface area contributed by atoms with Crippen LogP contribution in [0.1, 0.15) is 12.5 Å². The van der Waals surface area contributed by atoms with Gasteiger partial charge in [-0.05, 0) is 24.6 Å². The molecule has 0 unspecified atom stereocenters. The zero-order valence-electron chi connectivity index (χ0n) is 8.94. The molecule has 88 valence electrons. The Morgan fingerprint density at radius 1 is 1.50 bits per heavy atom. The molecular weight excluding hydrogens is 230 g/mol. The van der Waals surface area contributed by atoms with Crippen molar-refractivity contribution in [2.24, 2.45) is 0 Å². The van der Waals surface area contributed by atoms with E-state index >= 15 is 0 Å². The number of aliphatic hydroxyl groups is 1. The minimum absolute atomic E-state index is 0.00749. The van der Waals surface area contributed by atoms with Gasteiger partial charge in [0.25, 0.3) is 0 Å². The molecule has 0 aliphatic heterocycles. The minimum atomic E-state index is -0.652. The molecule has 0 fully saturated rings. The third kappa shape index (κ3) is 5.00. The monoisotopic (exact) mass is 243 g/mol. The van der Waals surface area contributed by atoms with Crippen LogP contribution in [0.25, 0.3) is 0 Å². The first-order valence-electron chi connectivity index (χ1n) is 4.91. The standard InChI is InChI=1S/C11H14ClNO3/c1-8(14)7-16-11(15)13-6-9-2-4-10(12)5-3-9/h2-5,8,14H,6-7H2,1H3,(H,13,15)/t8-/m1/s1. The fraction of sp³-hybridized carbons (Fsp3) is 0.364. The first-order valence-corrected chi connectivity index (χ1v) is 5.29. The quantitative estimate of drug-likeness (QED) is 0.850. The predicted octanol–water partition coefficient (Wildman–Crippen LogP) is 1.95. The smallest absolute Gasteiger partial charge is 0.407 e. The number of nitrogens with one attached hydrogen (secondary N) is 1. The third-order valence-corrected chi connectivity index (χ3v) is 2.06. The number of benzene rings is 1. The van der Waals surface area contributed by atoms with E-state index < -0.39 is 12.2 Å². The number of hydrogen-bond acceptors (Lipinski definition) is 3. The van der Waals surface area contributed by atoms with Gasteiger partial charge in [-0.3, -0.25) is 0 Å². The molecule has 0 saturated heterocycles. The molecule has 0 aliphatic carbocycles. The van der Waals surface area contributed by atoms with Crippen molar-refractivity contribution in [3.63, 3.8) is 0 Å². The van der Waals surface area contributed by atoms with Crippen LogP contribution < -0.4 is 5.32 Å². The number of hydrogen-bond donors (Lipinski definition) is 2. The second-order valence-electron chi connectivity index (χ2n) is 3.43. The Bertz CT molecular complexity index is 338. The lowest BCUT2D eigenvalue weighted by molar-refractivity contribution is 0.0778. The van der Waals surface area contributed by atoms with Crippen LogP contribution in [0.2, 0.25) is 5.02 Å². The average Bonchev–Trinajstić information content (AvgIpc) is 2.25. The third-order valence-electron chi connectivity index (χ3n) is 1.81. The number of ether oxygens (including phenoxy) is 1. The second kappa shape index (κ2) is 6.35. The van der Waals surface area contributed by atoms with Crippen molar-refractivity contribution >= 4 is 17.7 Å². The molecule has 1 rings (SSSR count). The molecule has 16 heavy (non-hydrogen) atoms. The lowest BCUT2D eigenvalue weighted by Gasteiger charge is -2.08. The van der Waals surface area contributed by atoms with E-state index in [1.165, 1.54) is 0 Å². The van der Waals surface area contributed by atoms with E-state index in [9.17, 15) is 4.79 Å². The van der Waals surface area contributed by atoms with Crippen molar-refractivity contribution in [2.75, 3.05) is 6.61 Å². The molecule has 1 aromatic carbocycles. The number of halogens is 1. The van der Waals surface area contributed by atoms with Gasteiger partial charge >= 0.3 is 6.09 Å². The van der Waals surface area contributed by atoms with Gasteiger partial charge in [0.2, 0.25) is 0 Å². The minimum Gasteiger partial charge on any atom is -0.447 e. The highest BCUT2D eigenvalue weighted by atomic mass is 35.5. The van der Waals surface area contributed by atoms with Gasteiger partial charge in [0.1, 0.15) is 6.61 Å². The maximum absolute atomic E-state index is 11.1. The normalized spacial score (nSPS) is 11.9. The number of alkyl carbamates (subject to hydrolysis) is 1. The molecule has 1 amide bonds. The maximum Gasteiger partial charge on any atom is 0.407 e. The van der Waals surface area contributed by atoms with Crippen molar-refractivity contribution in [1.29, 1.82) is 0 Å². The molecule has 0 aliphatic rings. The molecule has 0 spiro atoms. The van der Waals surface area contributed by atoms with Crippen molar-refractivity contribution < 1.29 is 14.6 Å². The molecule has 0 aromatic heterocycles. The Morgan fingerprint density at radius 2 is 2.12 bits per heavy atom. The predicted molar refractivity (Wildman–Crippen MR) is 61.3 cm³/mol. The molecule has 2 N–H and O–H groups in total. The summed E-state index contributed by atoms with van der Waals surface area (Å²) in [7, 11) is 0. The van der Waals surface area contributed by atoms with Crippen molar-refractivity contribution in [3.8, 4) is 0 Å². The van der Waals surface area contributed by atoms with Gasteiger partial charge in [-0.1, -0.05) is 23.7 Å². The summed E-state index contributed by atoms with van der Waals surface area (Å²) in [6.45, 7) is 1.91. The largest absolute Gasteiger partial charge is 0.447 e. The molecule has 5 heteroatoms. The van der Waals surface area contributed by atoms with Crippen LogP contribution in [-0.2, 0) is 11.3 Å². The van der Waals surface area contributed by atoms with Crippen LogP contribution in [0.4, 0.5) is 4.79 Å². The van der Waals surface area contributed by atoms with E-state index in [0.29, 0.717) is 11.6 Å². The number of carbonyl (C=O) groups excluding carboxylic acids is 1. The van der Waals surface area contributed by atoms with Crippen LogP contribution in [0.5, 0.6) is 0 Å². The van der Waals surface area contributed by atoms with Gasteiger partial charge in [0.15, 0.2) is 0 Å². The Balaban J connectivity index is 2.29. The number of carbonyl (C=O) groups is 1. The second-order valence-corrected chi connectivity index (χ2v) is 3.86. The van der Waals surface area contributed by atoms with E-state index in [1.807, 2.05) is 12.1 Å². The van der Waals surface area contributed by atoms with Crippen molar-refractivity contribution in [1.82, 2.24) is 5.32 Å². The summed E-state index contributed by atoms with van der Waals surface area (Å²) in [6.07, 6.45) is -1.20. The van der Waals surface area contributed by atoms with Crippen LogP contribution in [-0.4, -0.2) is 23.9 Å². The number of aliphatic hydroxyl groups excluding tert-OH is 1. The number of rotatable bonds is 4. The molecule has 0 heterocycles. The Kier molecular flexibility index (Phi) is 5.08. The van der Waals surface area contributed by atoms with Crippen LogP contribution in [0, 0.1) is 0 Å². The Labute approximate surface area is 99.2 Å². The van der Waals surface area contributed by atoms with Gasteiger partial charge in [-0.15, -0.1) is 0 Å². The highest BCUT2D eigenvalue weighted by Gasteiger charge is 2.03. The van der Waals surface area contributed by atoms with E-state index in [4.69, 9.17) is 21.4 Å². The van der Waals surface area contributed by atoms with Gasteiger partial charge in [-0.2, -0.15) is 0 Å². The molecule has 0 bridgehead atoms. The van der Waals surface area contributed by atoms with Crippen molar-refractivity contribution in [3.05, 3.63) is 34.9 Å². The topological polar surface area (TPSA) is 58.6 Å². The summed E-state index contributed by atoms with van der Waals surface area (Å²) in [6, 6.07) is 7.13. The first kappa shape index (κ1) is 12.8. The first-order chi connectivity index (χ1) is 7.58. The van der Waals surface area contributed by atoms with Crippen LogP contribution in [0.3, 0.4) is 0 Å². The zero-order valence-corrected chi connectivity index (χ0v) is 9.70. The van der Waals surface area contributed by atoms with E-state index in [0.717, 1.165) is 5.56 Å². The van der Waals surface area contributed by atoms with Crippen molar-refractivity contribution in [2.45, 2.75) is 19.6 Å². The molecular formula is C11H14ClNO3. The fourth-order valence-corrected chi connectivity index (χ4v) is 1.15. The SMILES string of the molecule is C[C@@H](O)COC(=O)NCc1ccc(Cl)cc1.